The number of nitrogens with one attached hydrogen (secondary N) is 1. The van der Waals surface area contributed by atoms with Gasteiger partial charge in [0.05, 0.1) is 5.54 Å². The number of hydrogen-bond donors (Lipinski definition) is 1. The van der Waals surface area contributed by atoms with Crippen LogP contribution in [0.4, 0.5) is 5.69 Å². The van der Waals surface area contributed by atoms with Gasteiger partial charge >= 0.3 is 0 Å². The molecule has 0 saturated carbocycles. The fourth-order valence-electron chi connectivity index (χ4n) is 2.20. The molecule has 0 aliphatic rings. The molecule has 1 rings (SSSR count). The predicted molar refractivity (Wildman–Crippen MR) is 94.3 cm³/mol. The summed E-state index contributed by atoms with van der Waals surface area (Å²) in [5, 5.41) is 4.56. The zero-order valence-electron chi connectivity index (χ0n) is 13.9. The predicted octanol–water partition coefficient (Wildman–Crippen LogP) is 5.05. The van der Waals surface area contributed by atoms with E-state index in [1.54, 1.807) is 11.8 Å². The number of aliphatic imine (C=N–C) groups is 1. The van der Waals surface area contributed by atoms with Crippen molar-refractivity contribution in [1.82, 2.24) is 0 Å². The van der Waals surface area contributed by atoms with Crippen molar-refractivity contribution in [2.75, 3.05) is 11.6 Å². The molecule has 0 spiro atoms. The van der Waals surface area contributed by atoms with Gasteiger partial charge in [0.1, 0.15) is 0 Å². The molecule has 0 fully saturated rings. The number of rotatable bonds is 3. The molecule has 0 saturated heterocycles. The molecule has 2 nitrogen and oxygen atoms in total. The average molecular weight is 292 g/mol. The molecular formula is C17H28N2S. The molecule has 1 N–H and O–H groups in total. The van der Waals surface area contributed by atoms with Crippen LogP contribution >= 0.6 is 11.8 Å². The molecule has 0 radical (unpaired) electrons. The van der Waals surface area contributed by atoms with Gasteiger partial charge in [0.25, 0.3) is 0 Å². The van der Waals surface area contributed by atoms with Gasteiger partial charge in [-0.2, -0.15) is 0 Å². The first kappa shape index (κ1) is 17.1. The Bertz CT molecular complexity index is 459. The molecular weight excluding hydrogens is 264 g/mol. The van der Waals surface area contributed by atoms with E-state index in [1.165, 1.54) is 22.4 Å². The summed E-state index contributed by atoms with van der Waals surface area (Å²) in [5.74, 6) is 0. The van der Waals surface area contributed by atoms with E-state index in [2.05, 4.69) is 65.2 Å². The Balaban J connectivity index is 3.22. The molecule has 0 aliphatic heterocycles. The largest absolute Gasteiger partial charge is 0.335 e. The fraction of sp³-hybridized carbons (Fsp3) is 0.588. The van der Waals surface area contributed by atoms with Crippen LogP contribution in [0.25, 0.3) is 0 Å². The Hall–Kier alpha value is -0.960. The maximum atomic E-state index is 4.76. The van der Waals surface area contributed by atoms with Gasteiger partial charge in [-0.25, -0.2) is 0 Å². The molecule has 0 aliphatic carbocycles. The normalized spacial score (nSPS) is 12.7. The molecule has 0 heterocycles. The third-order valence-corrected chi connectivity index (χ3v) is 3.65. The van der Waals surface area contributed by atoms with Crippen molar-refractivity contribution in [3.8, 4) is 0 Å². The van der Waals surface area contributed by atoms with Crippen molar-refractivity contribution in [2.45, 2.75) is 59.9 Å². The van der Waals surface area contributed by atoms with Crippen molar-refractivity contribution in [2.24, 2.45) is 4.99 Å². The lowest BCUT2D eigenvalue weighted by Crippen LogP contribution is -2.19. The van der Waals surface area contributed by atoms with Crippen LogP contribution in [0.5, 0.6) is 0 Å². The minimum absolute atomic E-state index is 0.0607. The fourth-order valence-corrected chi connectivity index (χ4v) is 2.77. The lowest BCUT2D eigenvalue weighted by molar-refractivity contribution is 0.585. The maximum absolute atomic E-state index is 4.76. The van der Waals surface area contributed by atoms with E-state index < -0.39 is 0 Å². The smallest absolute Gasteiger partial charge is 0.161 e. The molecule has 3 heteroatoms. The lowest BCUT2D eigenvalue weighted by atomic mass is 10.00. The van der Waals surface area contributed by atoms with E-state index in [1.807, 2.05) is 0 Å². The first-order valence-corrected chi connectivity index (χ1v) is 8.56. The molecule has 20 heavy (non-hydrogen) atoms. The van der Waals surface area contributed by atoms with Crippen LogP contribution in [-0.2, 0) is 12.8 Å². The Kier molecular flexibility index (Phi) is 6.12. The molecule has 0 bridgehead atoms. The summed E-state index contributed by atoms with van der Waals surface area (Å²) in [7, 11) is 0. The lowest BCUT2D eigenvalue weighted by Gasteiger charge is -2.20. The Labute approximate surface area is 128 Å². The molecule has 0 amide bonds. The third kappa shape index (κ3) is 4.86. The van der Waals surface area contributed by atoms with Gasteiger partial charge in [0, 0.05) is 5.69 Å². The summed E-state index contributed by atoms with van der Waals surface area (Å²) < 4.78 is 0. The SMILES string of the molecule is CCc1cc(C)cc(CC)c1NC(=NC(C)(C)C)SC. The van der Waals surface area contributed by atoms with Crippen LogP contribution in [0.3, 0.4) is 0 Å². The second-order valence-corrected chi connectivity index (χ2v) is 6.88. The van der Waals surface area contributed by atoms with Crippen molar-refractivity contribution in [3.63, 3.8) is 0 Å². The summed E-state index contributed by atoms with van der Waals surface area (Å²) in [6, 6.07) is 4.55. The number of thioether (sulfide) groups is 1. The molecule has 1 aromatic carbocycles. The van der Waals surface area contributed by atoms with Crippen LogP contribution in [0.1, 0.15) is 51.3 Å². The highest BCUT2D eigenvalue weighted by molar-refractivity contribution is 8.13. The van der Waals surface area contributed by atoms with Crippen LogP contribution in [0, 0.1) is 6.92 Å². The van der Waals surface area contributed by atoms with Gasteiger partial charge in [0.2, 0.25) is 0 Å². The van der Waals surface area contributed by atoms with E-state index in [9.17, 15) is 0 Å². The summed E-state index contributed by atoms with van der Waals surface area (Å²) in [4.78, 5) is 4.76. The zero-order chi connectivity index (χ0) is 15.3. The average Bonchev–Trinajstić information content (AvgIpc) is 2.37. The van der Waals surface area contributed by atoms with Gasteiger partial charge < -0.3 is 5.32 Å². The molecule has 112 valence electrons. The number of anilines is 1. The van der Waals surface area contributed by atoms with Gasteiger partial charge in [-0.3, -0.25) is 4.99 Å². The van der Waals surface area contributed by atoms with Crippen LogP contribution in [0.2, 0.25) is 0 Å². The van der Waals surface area contributed by atoms with E-state index >= 15 is 0 Å². The van der Waals surface area contributed by atoms with Gasteiger partial charge in [0.15, 0.2) is 5.17 Å². The number of aryl methyl sites for hydroxylation is 3. The quantitative estimate of drug-likeness (QED) is 0.623. The number of amidine groups is 1. The van der Waals surface area contributed by atoms with Crippen LogP contribution in [0.15, 0.2) is 17.1 Å². The van der Waals surface area contributed by atoms with Crippen molar-refractivity contribution in [1.29, 1.82) is 0 Å². The standard InChI is InChI=1S/C17H28N2S/c1-8-13-10-12(3)11-14(9-2)15(13)18-16(20-7)19-17(4,5)6/h10-11H,8-9H2,1-7H3,(H,18,19). The van der Waals surface area contributed by atoms with Crippen LogP contribution < -0.4 is 5.32 Å². The number of benzene rings is 1. The van der Waals surface area contributed by atoms with Crippen molar-refractivity contribution < 1.29 is 0 Å². The highest BCUT2D eigenvalue weighted by atomic mass is 32.2. The Morgan fingerprint density at radius 1 is 1.15 bits per heavy atom. The maximum Gasteiger partial charge on any atom is 0.161 e. The van der Waals surface area contributed by atoms with E-state index in [4.69, 9.17) is 4.99 Å². The van der Waals surface area contributed by atoms with Crippen molar-refractivity contribution >= 4 is 22.6 Å². The minimum Gasteiger partial charge on any atom is -0.335 e. The first-order valence-electron chi connectivity index (χ1n) is 7.34. The molecule has 0 aromatic heterocycles. The Morgan fingerprint density at radius 3 is 2.00 bits per heavy atom. The first-order chi connectivity index (χ1) is 9.30. The van der Waals surface area contributed by atoms with Crippen molar-refractivity contribution in [3.05, 3.63) is 28.8 Å². The molecule has 0 atom stereocenters. The summed E-state index contributed by atoms with van der Waals surface area (Å²) >= 11 is 1.67. The van der Waals surface area contributed by atoms with E-state index in [-0.39, 0.29) is 5.54 Å². The summed E-state index contributed by atoms with van der Waals surface area (Å²) in [5.41, 5.74) is 5.27. The second kappa shape index (κ2) is 7.16. The monoisotopic (exact) mass is 292 g/mol. The summed E-state index contributed by atoms with van der Waals surface area (Å²) in [6.45, 7) is 13.0. The Morgan fingerprint density at radius 2 is 1.65 bits per heavy atom. The zero-order valence-corrected chi connectivity index (χ0v) is 14.7. The third-order valence-electron chi connectivity index (χ3n) is 3.07. The number of nitrogens with zero attached hydrogens (tertiary/aromatic N) is 1. The minimum atomic E-state index is -0.0607. The van der Waals surface area contributed by atoms with Crippen LogP contribution in [-0.4, -0.2) is 17.0 Å². The van der Waals surface area contributed by atoms with Gasteiger partial charge in [-0.15, -0.1) is 0 Å². The molecule has 0 unspecified atom stereocenters. The van der Waals surface area contributed by atoms with Gasteiger partial charge in [-0.1, -0.05) is 43.3 Å². The van der Waals surface area contributed by atoms with E-state index in [0.29, 0.717) is 0 Å². The number of hydrogen-bond acceptors (Lipinski definition) is 2. The second-order valence-electron chi connectivity index (χ2n) is 6.08. The molecule has 1 aromatic rings. The summed E-state index contributed by atoms with van der Waals surface area (Å²) in [6.07, 6.45) is 4.14. The van der Waals surface area contributed by atoms with Gasteiger partial charge in [-0.05, 0) is 57.9 Å². The highest BCUT2D eigenvalue weighted by Crippen LogP contribution is 2.26. The topological polar surface area (TPSA) is 24.4 Å². The highest BCUT2D eigenvalue weighted by Gasteiger charge is 2.13. The van der Waals surface area contributed by atoms with E-state index in [0.717, 1.165) is 18.0 Å².